The zero-order valence-electron chi connectivity index (χ0n) is 22.8. The highest BCUT2D eigenvalue weighted by molar-refractivity contribution is 8.25. The summed E-state index contributed by atoms with van der Waals surface area (Å²) in [6, 6.07) is 17.0. The molecule has 1 saturated heterocycles. The van der Waals surface area contributed by atoms with Gasteiger partial charge in [0.25, 0.3) is 0 Å². The Morgan fingerprint density at radius 3 is 2.42 bits per heavy atom. The summed E-state index contributed by atoms with van der Waals surface area (Å²) in [4.78, 5) is 1.76. The number of benzene rings is 2. The van der Waals surface area contributed by atoms with Crippen LogP contribution in [0.1, 0.15) is 42.1 Å². The molecule has 1 aromatic heterocycles. The van der Waals surface area contributed by atoms with Crippen molar-refractivity contribution in [3.05, 3.63) is 89.8 Å². The van der Waals surface area contributed by atoms with E-state index in [2.05, 4.69) is 83.3 Å². The molecule has 0 bridgehead atoms. The molecule has 1 aliphatic rings. The van der Waals surface area contributed by atoms with Crippen molar-refractivity contribution in [2.75, 3.05) is 19.6 Å². The lowest BCUT2D eigenvalue weighted by atomic mass is 9.98. The molecule has 0 saturated carbocycles. The van der Waals surface area contributed by atoms with Crippen LogP contribution in [0.15, 0.2) is 77.2 Å². The van der Waals surface area contributed by atoms with Gasteiger partial charge in [-0.05, 0) is 79.5 Å². The van der Waals surface area contributed by atoms with E-state index < -0.39 is 9.39 Å². The third-order valence-corrected chi connectivity index (χ3v) is 10.6. The number of aryl methyl sites for hydroxylation is 2. The molecule has 2 aromatic carbocycles. The van der Waals surface area contributed by atoms with Gasteiger partial charge in [0.2, 0.25) is 0 Å². The first kappa shape index (κ1) is 28.3. The van der Waals surface area contributed by atoms with Gasteiger partial charge in [0.05, 0.1) is 28.9 Å². The van der Waals surface area contributed by atoms with E-state index in [0.717, 1.165) is 67.1 Å². The van der Waals surface area contributed by atoms with Gasteiger partial charge in [0.1, 0.15) is 5.82 Å². The number of hydrogen-bond donors (Lipinski definition) is 1. The second-order valence-electron chi connectivity index (χ2n) is 10.0. The molecule has 0 aliphatic carbocycles. The molecule has 1 N–H and O–H groups in total. The summed E-state index contributed by atoms with van der Waals surface area (Å²) >= 11 is 0.224. The third kappa shape index (κ3) is 6.28. The van der Waals surface area contributed by atoms with E-state index in [4.69, 9.17) is 0 Å². The Balaban J connectivity index is 1.46. The van der Waals surface area contributed by atoms with Crippen LogP contribution < -0.4 is 5.32 Å². The maximum Gasteiger partial charge on any atom is 0.128 e. The number of hydrogen-bond acceptors (Lipinski definition) is 4. The molecule has 0 unspecified atom stereocenters. The minimum atomic E-state index is -1.50. The topological polar surface area (TPSA) is 33.1 Å². The summed E-state index contributed by atoms with van der Waals surface area (Å²) in [5, 5.41) is 8.10. The van der Waals surface area contributed by atoms with Crippen molar-refractivity contribution >= 4 is 44.7 Å². The highest BCUT2D eigenvalue weighted by Gasteiger charge is 2.23. The molecule has 2 heterocycles. The fraction of sp³-hybridized carbons (Fsp3) is 0.323. The van der Waals surface area contributed by atoms with E-state index in [1.807, 2.05) is 25.1 Å². The minimum Gasteiger partial charge on any atom is -0.370 e. The largest absolute Gasteiger partial charge is 0.370 e. The molecule has 0 amide bonds. The van der Waals surface area contributed by atoms with Crippen LogP contribution in [0.4, 0.5) is 3.89 Å². The molecular weight excluding hydrogens is 512 g/mol. The monoisotopic (exact) mass is 550 g/mol. The zero-order valence-corrected chi connectivity index (χ0v) is 24.4. The van der Waals surface area contributed by atoms with E-state index in [1.54, 1.807) is 10.9 Å². The van der Waals surface area contributed by atoms with Crippen LogP contribution in [-0.2, 0) is 6.42 Å². The molecule has 0 spiro atoms. The van der Waals surface area contributed by atoms with Crippen LogP contribution in [0.25, 0.3) is 11.4 Å². The first-order valence-corrected chi connectivity index (χ1v) is 15.8. The first-order valence-electron chi connectivity index (χ1n) is 13.1. The Hall–Kier alpha value is -2.74. The predicted octanol–water partition coefficient (Wildman–Crippen LogP) is 7.50. The van der Waals surface area contributed by atoms with Gasteiger partial charge >= 0.3 is 0 Å². The Morgan fingerprint density at radius 2 is 1.82 bits per heavy atom. The lowest BCUT2D eigenvalue weighted by molar-refractivity contribution is 0.288. The second kappa shape index (κ2) is 12.4. The number of nitrogens with zero attached hydrogens (tertiary/aromatic N) is 3. The van der Waals surface area contributed by atoms with E-state index in [0.29, 0.717) is 10.8 Å². The lowest BCUT2D eigenvalue weighted by Gasteiger charge is -2.37. The summed E-state index contributed by atoms with van der Waals surface area (Å²) in [6.45, 7) is 13.2. The number of allylic oxidation sites excluding steroid dienone is 2. The van der Waals surface area contributed by atoms with Crippen molar-refractivity contribution in [2.45, 2.75) is 49.8 Å². The standard InChI is InChI=1S/C31H39FN4S2/c1-7-26-12-14-28(15-13-26)38(5,6)35-18-16-27(17-19-35)21-33-31(36-25(4)30(37-32)22-34-36)20-24(3)29-11-9-8-10-23(29)2/h8-15,20,22,27,33H,3,5-7,16-19,21H2,1-2,4H3/b31-20-. The van der Waals surface area contributed by atoms with Crippen molar-refractivity contribution in [3.8, 4) is 0 Å². The lowest BCUT2D eigenvalue weighted by Crippen LogP contribution is -2.36. The zero-order chi connectivity index (χ0) is 27.3. The summed E-state index contributed by atoms with van der Waals surface area (Å²) in [6.07, 6.45) is 6.76. The molecule has 38 heavy (non-hydrogen) atoms. The number of nitrogens with one attached hydrogen (secondary N) is 1. The van der Waals surface area contributed by atoms with Crippen molar-refractivity contribution in [2.24, 2.45) is 5.92 Å². The van der Waals surface area contributed by atoms with Gasteiger partial charge in [0, 0.05) is 24.5 Å². The summed E-state index contributed by atoms with van der Waals surface area (Å²) in [7, 11) is -1.50. The van der Waals surface area contributed by atoms with Crippen molar-refractivity contribution in [1.29, 1.82) is 0 Å². The molecule has 202 valence electrons. The normalized spacial score (nSPS) is 15.5. The van der Waals surface area contributed by atoms with Crippen LogP contribution in [-0.4, -0.2) is 45.5 Å². The van der Waals surface area contributed by atoms with Crippen molar-refractivity contribution in [1.82, 2.24) is 19.4 Å². The van der Waals surface area contributed by atoms with E-state index >= 15 is 0 Å². The summed E-state index contributed by atoms with van der Waals surface area (Å²) in [5.41, 5.74) is 5.24. The van der Waals surface area contributed by atoms with Crippen molar-refractivity contribution < 1.29 is 3.89 Å². The predicted molar refractivity (Wildman–Crippen MR) is 167 cm³/mol. The smallest absolute Gasteiger partial charge is 0.128 e. The average Bonchev–Trinajstić information content (AvgIpc) is 3.31. The number of rotatable bonds is 10. The van der Waals surface area contributed by atoms with Crippen LogP contribution >= 0.6 is 21.5 Å². The van der Waals surface area contributed by atoms with Gasteiger partial charge < -0.3 is 5.32 Å². The quantitative estimate of drug-likeness (QED) is 0.209. The molecule has 7 heteroatoms. The highest BCUT2D eigenvalue weighted by atomic mass is 32.2. The number of piperidine rings is 1. The molecule has 1 aliphatic heterocycles. The average molecular weight is 551 g/mol. The van der Waals surface area contributed by atoms with Gasteiger partial charge in [0.15, 0.2) is 0 Å². The number of halogens is 1. The van der Waals surface area contributed by atoms with E-state index in [-0.39, 0.29) is 12.1 Å². The van der Waals surface area contributed by atoms with Crippen LogP contribution in [0.5, 0.6) is 0 Å². The maximum atomic E-state index is 13.4. The van der Waals surface area contributed by atoms with Gasteiger partial charge in [-0.3, -0.25) is 4.31 Å². The molecule has 3 aromatic rings. The van der Waals surface area contributed by atoms with Crippen molar-refractivity contribution in [3.63, 3.8) is 0 Å². The SMILES string of the molecule is C=C(/C=C(/NCC1CCN(S(=C)(=C)c2ccc(CC)cc2)CC1)n1ncc(SF)c1C)c1ccccc1C. The Kier molecular flexibility index (Phi) is 9.23. The molecule has 1 fully saturated rings. The molecule has 0 atom stereocenters. The fourth-order valence-electron chi connectivity index (χ4n) is 4.92. The number of aromatic nitrogens is 2. The van der Waals surface area contributed by atoms with Gasteiger partial charge in [-0.1, -0.05) is 61.6 Å². The minimum absolute atomic E-state index is 0.224. The van der Waals surface area contributed by atoms with Crippen LogP contribution in [0.2, 0.25) is 0 Å². The fourth-order valence-corrected chi connectivity index (χ4v) is 7.05. The molecule has 0 radical (unpaired) electrons. The molecule has 4 nitrogen and oxygen atoms in total. The van der Waals surface area contributed by atoms with Crippen LogP contribution in [0, 0.1) is 19.8 Å². The first-order chi connectivity index (χ1) is 18.2. The molecular formula is C31H39FN4S2. The Bertz CT molecular complexity index is 1400. The van der Waals surface area contributed by atoms with Crippen LogP contribution in [0.3, 0.4) is 0 Å². The van der Waals surface area contributed by atoms with Gasteiger partial charge in [-0.2, -0.15) is 8.98 Å². The second-order valence-corrected chi connectivity index (χ2v) is 13.3. The van der Waals surface area contributed by atoms with E-state index in [9.17, 15) is 3.89 Å². The van der Waals surface area contributed by atoms with E-state index in [1.165, 1.54) is 10.5 Å². The summed E-state index contributed by atoms with van der Waals surface area (Å²) in [5.74, 6) is 10.4. The van der Waals surface area contributed by atoms with Gasteiger partial charge in [-0.15, -0.1) is 9.39 Å². The molecule has 4 rings (SSSR count). The third-order valence-electron chi connectivity index (χ3n) is 7.49. The highest BCUT2D eigenvalue weighted by Crippen LogP contribution is 2.39. The Morgan fingerprint density at radius 1 is 1.13 bits per heavy atom. The summed E-state index contributed by atoms with van der Waals surface area (Å²) < 4.78 is 17.7. The Labute approximate surface area is 232 Å². The van der Waals surface area contributed by atoms with Gasteiger partial charge in [-0.25, -0.2) is 4.68 Å². The maximum absolute atomic E-state index is 13.4.